The zero-order valence-electron chi connectivity index (χ0n) is 22.3. The molecule has 39 heavy (non-hydrogen) atoms. The molecule has 3 aliphatic rings. The monoisotopic (exact) mass is 550 g/mol. The number of anilines is 1. The second kappa shape index (κ2) is 11.1. The summed E-state index contributed by atoms with van der Waals surface area (Å²) in [5, 5.41) is 0. The fraction of sp³-hybridized carbons (Fsp3) is 0.433. The molecule has 2 aromatic carbocycles. The second-order valence-electron chi connectivity index (χ2n) is 10.6. The lowest BCUT2D eigenvalue weighted by Gasteiger charge is -2.29. The van der Waals surface area contributed by atoms with Crippen LogP contribution in [-0.2, 0) is 29.1 Å². The number of amides is 2. The number of allylic oxidation sites excluding steroid dienone is 1. The SMILES string of the molecule is CCCCCCC(=O)OC1=C2CN(S(=O)(=O)c3ccc(C)cc3)C[C@@H]2[C@@H]2C(=O)N(c3ccccc3)C(=O)[C@@H]2C1. The van der Waals surface area contributed by atoms with Gasteiger partial charge >= 0.3 is 5.97 Å². The maximum Gasteiger partial charge on any atom is 0.310 e. The number of imide groups is 1. The number of unbranched alkanes of at least 4 members (excludes halogenated alkanes) is 3. The third-order valence-corrected chi connectivity index (χ3v) is 9.84. The maximum absolute atomic E-state index is 13.7. The van der Waals surface area contributed by atoms with Gasteiger partial charge < -0.3 is 4.74 Å². The smallest absolute Gasteiger partial charge is 0.310 e. The number of para-hydroxylation sites is 1. The van der Waals surface area contributed by atoms with Gasteiger partial charge in [-0.1, -0.05) is 62.1 Å². The molecule has 2 heterocycles. The van der Waals surface area contributed by atoms with Crippen molar-refractivity contribution >= 4 is 33.5 Å². The molecule has 0 unspecified atom stereocenters. The average Bonchev–Trinajstić information content (AvgIpc) is 3.48. The Labute approximate surface area is 229 Å². The van der Waals surface area contributed by atoms with Crippen molar-refractivity contribution in [1.29, 1.82) is 0 Å². The molecule has 0 bridgehead atoms. The van der Waals surface area contributed by atoms with Crippen LogP contribution in [0.5, 0.6) is 0 Å². The highest BCUT2D eigenvalue weighted by Gasteiger charge is 2.58. The predicted molar refractivity (Wildman–Crippen MR) is 146 cm³/mol. The summed E-state index contributed by atoms with van der Waals surface area (Å²) in [6.07, 6.45) is 4.07. The quantitative estimate of drug-likeness (QED) is 0.257. The number of hydrogen-bond donors (Lipinski definition) is 0. The molecule has 206 valence electrons. The highest BCUT2D eigenvalue weighted by atomic mass is 32.2. The van der Waals surface area contributed by atoms with Gasteiger partial charge in [0.2, 0.25) is 21.8 Å². The van der Waals surface area contributed by atoms with Gasteiger partial charge in [-0.3, -0.25) is 19.3 Å². The zero-order valence-corrected chi connectivity index (χ0v) is 23.2. The average molecular weight is 551 g/mol. The first-order chi connectivity index (χ1) is 18.7. The molecule has 9 heteroatoms. The molecule has 0 aromatic heterocycles. The maximum atomic E-state index is 13.7. The van der Waals surface area contributed by atoms with Crippen molar-refractivity contribution in [1.82, 2.24) is 4.31 Å². The van der Waals surface area contributed by atoms with E-state index in [9.17, 15) is 22.8 Å². The van der Waals surface area contributed by atoms with Crippen LogP contribution in [0.3, 0.4) is 0 Å². The van der Waals surface area contributed by atoms with Crippen LogP contribution in [0.2, 0.25) is 0 Å². The van der Waals surface area contributed by atoms with Crippen LogP contribution in [0.4, 0.5) is 5.69 Å². The molecule has 0 radical (unpaired) electrons. The van der Waals surface area contributed by atoms with Crippen molar-refractivity contribution in [2.75, 3.05) is 18.0 Å². The van der Waals surface area contributed by atoms with Crippen LogP contribution in [-0.4, -0.2) is 43.6 Å². The Kier molecular flexibility index (Phi) is 7.73. The number of aryl methyl sites for hydroxylation is 1. The van der Waals surface area contributed by atoms with Crippen LogP contribution in [0.15, 0.2) is 70.8 Å². The molecule has 2 amide bonds. The first-order valence-electron chi connectivity index (χ1n) is 13.6. The Morgan fingerprint density at radius 3 is 2.36 bits per heavy atom. The van der Waals surface area contributed by atoms with Gasteiger partial charge in [0.15, 0.2) is 0 Å². The summed E-state index contributed by atoms with van der Waals surface area (Å²) in [7, 11) is -3.86. The highest BCUT2D eigenvalue weighted by molar-refractivity contribution is 7.89. The summed E-state index contributed by atoms with van der Waals surface area (Å²) in [6.45, 7) is 4.05. The van der Waals surface area contributed by atoms with Gasteiger partial charge in [0.25, 0.3) is 0 Å². The minimum Gasteiger partial charge on any atom is -0.431 e. The summed E-state index contributed by atoms with van der Waals surface area (Å²) >= 11 is 0. The third-order valence-electron chi connectivity index (χ3n) is 8.01. The van der Waals surface area contributed by atoms with E-state index in [-0.39, 0.29) is 48.6 Å². The Bertz CT molecular complexity index is 1400. The number of ether oxygens (including phenoxy) is 1. The van der Waals surface area contributed by atoms with E-state index in [4.69, 9.17) is 4.74 Å². The summed E-state index contributed by atoms with van der Waals surface area (Å²) in [6, 6.07) is 15.4. The van der Waals surface area contributed by atoms with Crippen molar-refractivity contribution < 1.29 is 27.5 Å². The fourth-order valence-corrected chi connectivity index (χ4v) is 7.38. The number of rotatable bonds is 9. The molecule has 0 spiro atoms. The lowest BCUT2D eigenvalue weighted by molar-refractivity contribution is -0.141. The lowest BCUT2D eigenvalue weighted by Crippen LogP contribution is -2.35. The predicted octanol–water partition coefficient (Wildman–Crippen LogP) is 4.59. The summed E-state index contributed by atoms with van der Waals surface area (Å²) in [5.74, 6) is -2.68. The molecule has 0 N–H and O–H groups in total. The van der Waals surface area contributed by atoms with Gasteiger partial charge in [-0.05, 0) is 43.2 Å². The van der Waals surface area contributed by atoms with Crippen LogP contribution >= 0.6 is 0 Å². The molecular weight excluding hydrogens is 516 g/mol. The lowest BCUT2D eigenvalue weighted by atomic mass is 9.73. The number of nitrogens with zero attached hydrogens (tertiary/aromatic N) is 2. The summed E-state index contributed by atoms with van der Waals surface area (Å²) in [5.41, 5.74) is 2.06. The van der Waals surface area contributed by atoms with E-state index >= 15 is 0 Å². The number of esters is 1. The topological polar surface area (TPSA) is 101 Å². The molecule has 8 nitrogen and oxygen atoms in total. The molecule has 0 saturated carbocycles. The number of fused-ring (bicyclic) bond motifs is 3. The molecular formula is C30H34N2O6S. The van der Waals surface area contributed by atoms with Gasteiger partial charge in [-0.15, -0.1) is 0 Å². The van der Waals surface area contributed by atoms with E-state index in [1.807, 2.05) is 13.0 Å². The largest absolute Gasteiger partial charge is 0.431 e. The van der Waals surface area contributed by atoms with Gasteiger partial charge in [-0.25, -0.2) is 8.42 Å². The minimum atomic E-state index is -3.86. The molecule has 2 fully saturated rings. The van der Waals surface area contributed by atoms with E-state index in [0.717, 1.165) is 24.8 Å². The summed E-state index contributed by atoms with van der Waals surface area (Å²) in [4.78, 5) is 41.4. The van der Waals surface area contributed by atoms with Crippen LogP contribution in [0, 0.1) is 24.7 Å². The fourth-order valence-electron chi connectivity index (χ4n) is 5.94. The van der Waals surface area contributed by atoms with E-state index in [0.29, 0.717) is 23.4 Å². The molecule has 5 rings (SSSR count). The van der Waals surface area contributed by atoms with Gasteiger partial charge in [0.1, 0.15) is 5.76 Å². The Hall–Kier alpha value is -3.30. The minimum absolute atomic E-state index is 0.0232. The Morgan fingerprint density at radius 1 is 0.949 bits per heavy atom. The van der Waals surface area contributed by atoms with Crippen LogP contribution < -0.4 is 4.90 Å². The molecule has 2 aliphatic heterocycles. The number of benzene rings is 2. The van der Waals surface area contributed by atoms with Crippen molar-refractivity contribution in [3.63, 3.8) is 0 Å². The van der Waals surface area contributed by atoms with E-state index in [1.165, 1.54) is 9.21 Å². The normalized spacial score (nSPS) is 23.2. The van der Waals surface area contributed by atoms with E-state index < -0.39 is 27.8 Å². The van der Waals surface area contributed by atoms with Crippen molar-refractivity contribution in [3.05, 3.63) is 71.5 Å². The van der Waals surface area contributed by atoms with Crippen LogP contribution in [0.25, 0.3) is 0 Å². The summed E-state index contributed by atoms with van der Waals surface area (Å²) < 4.78 is 34.3. The first kappa shape index (κ1) is 27.3. The molecule has 3 atom stereocenters. The number of hydrogen-bond acceptors (Lipinski definition) is 6. The van der Waals surface area contributed by atoms with Gasteiger partial charge in [-0.2, -0.15) is 4.31 Å². The third kappa shape index (κ3) is 5.17. The molecule has 2 saturated heterocycles. The Morgan fingerprint density at radius 2 is 1.67 bits per heavy atom. The number of sulfonamides is 1. The Balaban J connectivity index is 1.47. The van der Waals surface area contributed by atoms with E-state index in [2.05, 4.69) is 6.92 Å². The van der Waals surface area contributed by atoms with Crippen molar-refractivity contribution in [2.24, 2.45) is 17.8 Å². The molecule has 2 aromatic rings. The van der Waals surface area contributed by atoms with E-state index in [1.54, 1.807) is 48.5 Å². The van der Waals surface area contributed by atoms with Gasteiger partial charge in [0, 0.05) is 31.8 Å². The van der Waals surface area contributed by atoms with Crippen molar-refractivity contribution in [2.45, 2.75) is 57.3 Å². The van der Waals surface area contributed by atoms with Crippen molar-refractivity contribution in [3.8, 4) is 0 Å². The van der Waals surface area contributed by atoms with Gasteiger partial charge in [0.05, 0.1) is 22.4 Å². The highest BCUT2D eigenvalue weighted by Crippen LogP contribution is 2.49. The molecule has 1 aliphatic carbocycles. The number of carbonyl (C=O) groups excluding carboxylic acids is 3. The second-order valence-corrected chi connectivity index (χ2v) is 12.6. The number of carbonyl (C=O) groups is 3. The first-order valence-corrected chi connectivity index (χ1v) is 15.1. The standard InChI is InChI=1S/C30H34N2O6S/c1-3-4-5-9-12-27(33)38-26-17-23-28(30(35)32(29(23)34)21-10-7-6-8-11-21)25-19-31(18-24(25)26)39(36,37)22-15-13-20(2)14-16-22/h6-8,10-11,13-16,23,25,28H,3-5,9,12,17-19H2,1-2H3/t23-,25+,28-/m1/s1. The van der Waals surface area contributed by atoms with Crippen LogP contribution in [0.1, 0.15) is 51.0 Å². The zero-order chi connectivity index (χ0) is 27.7.